The van der Waals surface area contributed by atoms with Crippen molar-refractivity contribution < 1.29 is 4.79 Å². The number of rotatable bonds is 3. The largest absolute Gasteiger partial charge is 0.336 e. The van der Waals surface area contributed by atoms with Crippen LogP contribution in [0.3, 0.4) is 0 Å². The first kappa shape index (κ1) is 13.8. The number of hydrogen-bond acceptors (Lipinski definition) is 2. The first-order valence-corrected chi connectivity index (χ1v) is 7.14. The molecule has 1 aliphatic rings. The molecule has 1 aromatic rings. The normalized spacial score (nSPS) is 16.3. The molecule has 0 radical (unpaired) electrons. The van der Waals surface area contributed by atoms with Crippen LogP contribution in [0, 0.1) is 6.92 Å². The van der Waals surface area contributed by atoms with Gasteiger partial charge in [-0.15, -0.1) is 0 Å². The van der Waals surface area contributed by atoms with E-state index in [9.17, 15) is 9.59 Å². The van der Waals surface area contributed by atoms with Gasteiger partial charge in [0.05, 0.1) is 0 Å². The zero-order valence-corrected chi connectivity index (χ0v) is 11.7. The monoisotopic (exact) mass is 262 g/mol. The molecule has 0 unspecified atom stereocenters. The van der Waals surface area contributed by atoms with E-state index in [2.05, 4.69) is 4.98 Å². The Balaban J connectivity index is 2.22. The number of H-pyrrole nitrogens is 1. The molecule has 1 aromatic heterocycles. The molecule has 1 N–H and O–H groups in total. The van der Waals surface area contributed by atoms with Crippen LogP contribution in [-0.4, -0.2) is 28.4 Å². The van der Waals surface area contributed by atoms with Gasteiger partial charge in [-0.1, -0.05) is 19.3 Å². The van der Waals surface area contributed by atoms with Gasteiger partial charge in [0.25, 0.3) is 11.5 Å². The Kier molecular flexibility index (Phi) is 4.40. The van der Waals surface area contributed by atoms with Gasteiger partial charge in [-0.2, -0.15) is 0 Å². The molecule has 4 nitrogen and oxygen atoms in total. The third-order valence-corrected chi connectivity index (χ3v) is 3.90. The summed E-state index contributed by atoms with van der Waals surface area (Å²) in [5.74, 6) is -0.129. The number of aromatic amines is 1. The molecule has 1 amide bonds. The number of pyridine rings is 1. The molecule has 1 heterocycles. The van der Waals surface area contributed by atoms with E-state index in [4.69, 9.17) is 0 Å². The lowest BCUT2D eigenvalue weighted by Gasteiger charge is -2.33. The topological polar surface area (TPSA) is 53.2 Å². The van der Waals surface area contributed by atoms with Gasteiger partial charge < -0.3 is 9.88 Å². The Hall–Kier alpha value is -1.58. The molecule has 0 saturated heterocycles. The predicted octanol–water partition coefficient (Wildman–Crippen LogP) is 2.48. The summed E-state index contributed by atoms with van der Waals surface area (Å²) in [6.45, 7) is 4.46. The second-order valence-corrected chi connectivity index (χ2v) is 5.27. The minimum atomic E-state index is -0.278. The van der Waals surface area contributed by atoms with E-state index in [1.165, 1.54) is 19.3 Å². The summed E-state index contributed by atoms with van der Waals surface area (Å²) in [6.07, 6.45) is 5.73. The summed E-state index contributed by atoms with van der Waals surface area (Å²) in [5, 5.41) is 0. The second kappa shape index (κ2) is 6.04. The van der Waals surface area contributed by atoms with E-state index in [0.717, 1.165) is 18.5 Å². The van der Waals surface area contributed by atoms with Crippen LogP contribution in [0.4, 0.5) is 0 Å². The van der Waals surface area contributed by atoms with Gasteiger partial charge in [0.2, 0.25) is 0 Å². The zero-order valence-electron chi connectivity index (χ0n) is 11.7. The van der Waals surface area contributed by atoms with E-state index in [1.807, 2.05) is 18.7 Å². The Bertz CT molecular complexity index is 501. The fourth-order valence-corrected chi connectivity index (χ4v) is 2.86. The van der Waals surface area contributed by atoms with Crippen molar-refractivity contribution in [2.45, 2.75) is 52.0 Å². The fourth-order valence-electron chi connectivity index (χ4n) is 2.86. The van der Waals surface area contributed by atoms with Crippen molar-refractivity contribution >= 4 is 5.91 Å². The average Bonchev–Trinajstić information content (AvgIpc) is 2.40. The second-order valence-electron chi connectivity index (χ2n) is 5.27. The minimum Gasteiger partial charge on any atom is -0.336 e. The molecular weight excluding hydrogens is 240 g/mol. The molecule has 0 spiro atoms. The minimum absolute atomic E-state index is 0.129. The van der Waals surface area contributed by atoms with Crippen molar-refractivity contribution in [1.29, 1.82) is 0 Å². The standard InChI is InChI=1S/C15H22N2O2/c1-3-17(12-7-5-4-6-8-12)15(19)13-10-9-11(2)16-14(13)18/h9-10,12H,3-8H2,1-2H3,(H,16,18). The molecule has 104 valence electrons. The summed E-state index contributed by atoms with van der Waals surface area (Å²) in [4.78, 5) is 29.0. The van der Waals surface area contributed by atoms with Crippen molar-refractivity contribution in [1.82, 2.24) is 9.88 Å². The summed E-state index contributed by atoms with van der Waals surface area (Å²) in [6, 6.07) is 3.72. The van der Waals surface area contributed by atoms with Gasteiger partial charge in [0.15, 0.2) is 0 Å². The SMILES string of the molecule is CCN(C(=O)c1ccc(C)[nH]c1=O)C1CCCCC1. The van der Waals surface area contributed by atoms with Gasteiger partial charge >= 0.3 is 0 Å². The maximum Gasteiger partial charge on any atom is 0.260 e. The first-order valence-electron chi connectivity index (χ1n) is 7.14. The Morgan fingerprint density at radius 3 is 2.58 bits per heavy atom. The van der Waals surface area contributed by atoms with Crippen molar-refractivity contribution in [2.75, 3.05) is 6.54 Å². The number of aryl methyl sites for hydroxylation is 1. The van der Waals surface area contributed by atoms with E-state index >= 15 is 0 Å². The Morgan fingerprint density at radius 2 is 2.00 bits per heavy atom. The number of nitrogens with zero attached hydrogens (tertiary/aromatic N) is 1. The van der Waals surface area contributed by atoms with Crippen LogP contribution in [0.25, 0.3) is 0 Å². The van der Waals surface area contributed by atoms with Gasteiger partial charge in [-0.05, 0) is 38.8 Å². The van der Waals surface area contributed by atoms with E-state index in [1.54, 1.807) is 12.1 Å². The smallest absolute Gasteiger partial charge is 0.260 e. The molecule has 0 bridgehead atoms. The quantitative estimate of drug-likeness (QED) is 0.909. The number of carbonyl (C=O) groups is 1. The van der Waals surface area contributed by atoms with Crippen molar-refractivity contribution in [3.8, 4) is 0 Å². The third-order valence-electron chi connectivity index (χ3n) is 3.90. The van der Waals surface area contributed by atoms with Crippen molar-refractivity contribution in [3.63, 3.8) is 0 Å². The van der Waals surface area contributed by atoms with Crippen LogP contribution >= 0.6 is 0 Å². The highest BCUT2D eigenvalue weighted by Gasteiger charge is 2.26. The van der Waals surface area contributed by atoms with Gasteiger partial charge in [-0.25, -0.2) is 0 Å². The van der Waals surface area contributed by atoms with Crippen LogP contribution in [0.1, 0.15) is 55.1 Å². The molecule has 0 aromatic carbocycles. The summed E-state index contributed by atoms with van der Waals surface area (Å²) >= 11 is 0. The molecule has 4 heteroatoms. The maximum absolute atomic E-state index is 12.5. The summed E-state index contributed by atoms with van der Waals surface area (Å²) < 4.78 is 0. The lowest BCUT2D eigenvalue weighted by Crippen LogP contribution is -2.43. The molecule has 1 fully saturated rings. The Morgan fingerprint density at radius 1 is 1.32 bits per heavy atom. The number of amides is 1. The van der Waals surface area contributed by atoms with E-state index in [0.29, 0.717) is 12.6 Å². The zero-order chi connectivity index (χ0) is 13.8. The van der Waals surface area contributed by atoms with Gasteiger partial charge in [-0.3, -0.25) is 9.59 Å². The van der Waals surface area contributed by atoms with Crippen LogP contribution in [-0.2, 0) is 0 Å². The van der Waals surface area contributed by atoms with Crippen LogP contribution in [0.15, 0.2) is 16.9 Å². The maximum atomic E-state index is 12.5. The third kappa shape index (κ3) is 3.06. The lowest BCUT2D eigenvalue weighted by atomic mass is 9.94. The summed E-state index contributed by atoms with van der Waals surface area (Å²) in [5.41, 5.74) is 0.763. The highest BCUT2D eigenvalue weighted by Crippen LogP contribution is 2.23. The number of nitrogens with one attached hydrogen (secondary N) is 1. The van der Waals surface area contributed by atoms with E-state index in [-0.39, 0.29) is 17.0 Å². The average molecular weight is 262 g/mol. The molecular formula is C15H22N2O2. The molecule has 1 saturated carbocycles. The Labute approximate surface area is 113 Å². The highest BCUT2D eigenvalue weighted by molar-refractivity contribution is 5.94. The number of carbonyl (C=O) groups excluding carboxylic acids is 1. The highest BCUT2D eigenvalue weighted by atomic mass is 16.2. The van der Waals surface area contributed by atoms with E-state index < -0.39 is 0 Å². The lowest BCUT2D eigenvalue weighted by molar-refractivity contribution is 0.0646. The van der Waals surface area contributed by atoms with Crippen LogP contribution in [0.2, 0.25) is 0 Å². The first-order chi connectivity index (χ1) is 9.13. The van der Waals surface area contributed by atoms with Gasteiger partial charge in [0, 0.05) is 18.3 Å². The van der Waals surface area contributed by atoms with Crippen molar-refractivity contribution in [3.05, 3.63) is 33.7 Å². The van der Waals surface area contributed by atoms with Crippen molar-refractivity contribution in [2.24, 2.45) is 0 Å². The molecule has 1 aliphatic carbocycles. The molecule has 0 atom stereocenters. The molecule has 0 aliphatic heterocycles. The molecule has 2 rings (SSSR count). The van der Waals surface area contributed by atoms with Gasteiger partial charge in [0.1, 0.15) is 5.56 Å². The molecule has 19 heavy (non-hydrogen) atoms. The predicted molar refractivity (Wildman–Crippen MR) is 75.4 cm³/mol. The number of aromatic nitrogens is 1. The fraction of sp³-hybridized carbons (Fsp3) is 0.600. The summed E-state index contributed by atoms with van der Waals surface area (Å²) in [7, 11) is 0. The van der Waals surface area contributed by atoms with Crippen LogP contribution in [0.5, 0.6) is 0 Å². The van der Waals surface area contributed by atoms with Crippen LogP contribution < -0.4 is 5.56 Å². The number of hydrogen-bond donors (Lipinski definition) is 1.